The van der Waals surface area contributed by atoms with Crippen molar-refractivity contribution in [2.45, 2.75) is 38.3 Å². The fraction of sp³-hybridized carbons (Fsp3) is 0.611. The third kappa shape index (κ3) is 4.55. The van der Waals surface area contributed by atoms with Gasteiger partial charge in [-0.25, -0.2) is 0 Å². The van der Waals surface area contributed by atoms with Crippen LogP contribution in [0.1, 0.15) is 31.2 Å². The zero-order valence-electron chi connectivity index (χ0n) is 13.3. The van der Waals surface area contributed by atoms with Gasteiger partial charge in [0.2, 0.25) is 5.91 Å². The van der Waals surface area contributed by atoms with E-state index in [0.29, 0.717) is 12.6 Å². The van der Waals surface area contributed by atoms with Gasteiger partial charge >= 0.3 is 0 Å². The second-order valence-corrected chi connectivity index (χ2v) is 6.61. The molecule has 2 saturated heterocycles. The first-order valence-corrected chi connectivity index (χ1v) is 8.57. The van der Waals surface area contributed by atoms with Gasteiger partial charge in [-0.15, -0.1) is 0 Å². The number of nitrogens with zero attached hydrogens (tertiary/aromatic N) is 2. The molecule has 22 heavy (non-hydrogen) atoms. The molecule has 0 bridgehead atoms. The zero-order valence-corrected chi connectivity index (χ0v) is 13.3. The van der Waals surface area contributed by atoms with Crippen LogP contribution in [0.4, 0.5) is 0 Å². The summed E-state index contributed by atoms with van der Waals surface area (Å²) in [4.78, 5) is 16.9. The van der Waals surface area contributed by atoms with Crippen LogP contribution >= 0.6 is 0 Å². The van der Waals surface area contributed by atoms with Gasteiger partial charge < -0.3 is 5.32 Å². The lowest BCUT2D eigenvalue weighted by atomic mass is 10.1. The van der Waals surface area contributed by atoms with Gasteiger partial charge in [0.25, 0.3) is 0 Å². The van der Waals surface area contributed by atoms with Crippen LogP contribution in [0.5, 0.6) is 0 Å². The Kier molecular flexibility index (Phi) is 5.46. The summed E-state index contributed by atoms with van der Waals surface area (Å²) in [6, 6.07) is 10.9. The van der Waals surface area contributed by atoms with Gasteiger partial charge in [-0.2, -0.15) is 0 Å². The Bertz CT molecular complexity index is 470. The maximum atomic E-state index is 12.2. The first-order valence-electron chi connectivity index (χ1n) is 8.57. The van der Waals surface area contributed by atoms with Crippen LogP contribution in [0.15, 0.2) is 30.3 Å². The maximum Gasteiger partial charge on any atom is 0.234 e. The highest BCUT2D eigenvalue weighted by molar-refractivity contribution is 5.78. The second kappa shape index (κ2) is 7.75. The topological polar surface area (TPSA) is 35.6 Å². The molecule has 2 aliphatic rings. The number of likely N-dealkylation sites (tertiary alicyclic amines) is 2. The van der Waals surface area contributed by atoms with Gasteiger partial charge in [0.1, 0.15) is 0 Å². The Hall–Kier alpha value is -1.39. The summed E-state index contributed by atoms with van der Waals surface area (Å²) in [6.07, 6.45) is 4.86. The van der Waals surface area contributed by atoms with Crippen molar-refractivity contribution >= 4 is 5.91 Å². The molecule has 3 rings (SSSR count). The molecule has 1 aromatic rings. The van der Waals surface area contributed by atoms with E-state index in [1.165, 1.54) is 24.8 Å². The number of amides is 1. The number of hydrogen-bond donors (Lipinski definition) is 1. The predicted octanol–water partition coefficient (Wildman–Crippen LogP) is 1.86. The summed E-state index contributed by atoms with van der Waals surface area (Å²) < 4.78 is 0. The van der Waals surface area contributed by atoms with Crippen LogP contribution in [0.3, 0.4) is 0 Å². The van der Waals surface area contributed by atoms with Crippen molar-refractivity contribution in [2.24, 2.45) is 0 Å². The molecular formula is C18H27N3O. The number of benzene rings is 1. The molecular weight excluding hydrogens is 274 g/mol. The molecule has 2 heterocycles. The smallest absolute Gasteiger partial charge is 0.234 e. The number of piperidine rings is 1. The Morgan fingerprint density at radius 2 is 1.82 bits per heavy atom. The standard InChI is InChI=1S/C18H27N3O/c22-18(15-20-10-5-2-6-11-20)19-17-9-12-21(14-17)13-16-7-3-1-4-8-16/h1,3-4,7-8,17H,2,5-6,9-15H2,(H,19,22)/t17-/m0/s1. The molecule has 4 nitrogen and oxygen atoms in total. The lowest BCUT2D eigenvalue weighted by Gasteiger charge is -2.26. The average Bonchev–Trinajstić information content (AvgIpc) is 2.96. The molecule has 0 aliphatic carbocycles. The molecule has 0 saturated carbocycles. The van der Waals surface area contributed by atoms with Crippen molar-refractivity contribution in [1.29, 1.82) is 0 Å². The monoisotopic (exact) mass is 301 g/mol. The van der Waals surface area contributed by atoms with E-state index in [0.717, 1.165) is 39.1 Å². The SMILES string of the molecule is O=C(CN1CCCCC1)N[C@H]1CCN(Cc2ccccc2)C1. The molecule has 4 heteroatoms. The average molecular weight is 301 g/mol. The van der Waals surface area contributed by atoms with Crippen LogP contribution in [-0.4, -0.2) is 54.5 Å². The van der Waals surface area contributed by atoms with Crippen molar-refractivity contribution in [3.8, 4) is 0 Å². The molecule has 1 amide bonds. The van der Waals surface area contributed by atoms with Crippen LogP contribution < -0.4 is 5.32 Å². The first-order chi connectivity index (χ1) is 10.8. The molecule has 0 unspecified atom stereocenters. The fourth-order valence-electron chi connectivity index (χ4n) is 3.53. The largest absolute Gasteiger partial charge is 0.351 e. The van der Waals surface area contributed by atoms with E-state index in [1.54, 1.807) is 0 Å². The van der Waals surface area contributed by atoms with Crippen molar-refractivity contribution < 1.29 is 4.79 Å². The highest BCUT2D eigenvalue weighted by atomic mass is 16.2. The normalized spacial score (nSPS) is 23.5. The fourth-order valence-corrected chi connectivity index (χ4v) is 3.53. The molecule has 120 valence electrons. The Morgan fingerprint density at radius 1 is 1.05 bits per heavy atom. The number of rotatable bonds is 5. The molecule has 2 fully saturated rings. The molecule has 1 atom stereocenters. The van der Waals surface area contributed by atoms with Crippen LogP contribution in [0, 0.1) is 0 Å². The van der Waals surface area contributed by atoms with Gasteiger partial charge in [-0.05, 0) is 37.9 Å². The van der Waals surface area contributed by atoms with Crippen molar-refractivity contribution in [3.63, 3.8) is 0 Å². The molecule has 2 aliphatic heterocycles. The summed E-state index contributed by atoms with van der Waals surface area (Å²) >= 11 is 0. The third-order valence-corrected chi connectivity index (χ3v) is 4.70. The van der Waals surface area contributed by atoms with E-state index in [1.807, 2.05) is 0 Å². The highest BCUT2D eigenvalue weighted by Gasteiger charge is 2.24. The molecule has 1 N–H and O–H groups in total. The van der Waals surface area contributed by atoms with E-state index < -0.39 is 0 Å². The van der Waals surface area contributed by atoms with Crippen LogP contribution in [0.2, 0.25) is 0 Å². The van der Waals surface area contributed by atoms with Crippen LogP contribution in [0.25, 0.3) is 0 Å². The minimum absolute atomic E-state index is 0.202. The number of nitrogens with one attached hydrogen (secondary N) is 1. The van der Waals surface area contributed by atoms with Gasteiger partial charge in [-0.3, -0.25) is 14.6 Å². The number of hydrogen-bond acceptors (Lipinski definition) is 3. The Morgan fingerprint density at radius 3 is 2.59 bits per heavy atom. The zero-order chi connectivity index (χ0) is 15.2. The van der Waals surface area contributed by atoms with Crippen LogP contribution in [-0.2, 0) is 11.3 Å². The summed E-state index contributed by atoms with van der Waals surface area (Å²) in [5.41, 5.74) is 1.35. The van der Waals surface area contributed by atoms with Gasteiger partial charge in [0.05, 0.1) is 6.54 Å². The van der Waals surface area contributed by atoms with E-state index >= 15 is 0 Å². The second-order valence-electron chi connectivity index (χ2n) is 6.61. The van der Waals surface area contributed by atoms with Crippen molar-refractivity contribution in [2.75, 3.05) is 32.7 Å². The van der Waals surface area contributed by atoms with Crippen molar-refractivity contribution in [3.05, 3.63) is 35.9 Å². The Labute approximate surface area is 133 Å². The minimum atomic E-state index is 0.202. The minimum Gasteiger partial charge on any atom is -0.351 e. The number of carbonyl (C=O) groups excluding carboxylic acids is 1. The predicted molar refractivity (Wildman–Crippen MR) is 88.6 cm³/mol. The quantitative estimate of drug-likeness (QED) is 0.902. The lowest BCUT2D eigenvalue weighted by Crippen LogP contribution is -2.44. The van der Waals surface area contributed by atoms with Gasteiger partial charge in [-0.1, -0.05) is 36.8 Å². The van der Waals surface area contributed by atoms with E-state index in [2.05, 4.69) is 45.4 Å². The maximum absolute atomic E-state index is 12.2. The van der Waals surface area contributed by atoms with Gasteiger partial charge in [0.15, 0.2) is 0 Å². The summed E-state index contributed by atoms with van der Waals surface area (Å²) in [5.74, 6) is 0.202. The Balaban J connectivity index is 1.39. The molecule has 0 spiro atoms. The van der Waals surface area contributed by atoms with E-state index in [4.69, 9.17) is 0 Å². The highest BCUT2D eigenvalue weighted by Crippen LogP contribution is 2.14. The molecule has 0 aromatic heterocycles. The molecule has 1 aromatic carbocycles. The summed E-state index contributed by atoms with van der Waals surface area (Å²) in [7, 11) is 0. The van der Waals surface area contributed by atoms with Gasteiger partial charge in [0, 0.05) is 25.7 Å². The third-order valence-electron chi connectivity index (χ3n) is 4.70. The lowest BCUT2D eigenvalue weighted by molar-refractivity contribution is -0.123. The summed E-state index contributed by atoms with van der Waals surface area (Å²) in [6.45, 7) is 5.77. The summed E-state index contributed by atoms with van der Waals surface area (Å²) in [5, 5.41) is 3.22. The number of carbonyl (C=O) groups is 1. The van der Waals surface area contributed by atoms with Crippen molar-refractivity contribution in [1.82, 2.24) is 15.1 Å². The van der Waals surface area contributed by atoms with E-state index in [-0.39, 0.29) is 5.91 Å². The first kappa shape index (κ1) is 15.5. The molecule has 0 radical (unpaired) electrons. The van der Waals surface area contributed by atoms with E-state index in [9.17, 15) is 4.79 Å².